The van der Waals surface area contributed by atoms with E-state index in [0.717, 1.165) is 51.1 Å². The van der Waals surface area contributed by atoms with Crippen molar-refractivity contribution in [2.75, 3.05) is 39.8 Å². The van der Waals surface area contributed by atoms with E-state index < -0.39 is 0 Å². The molecule has 2 aromatic carbocycles. The summed E-state index contributed by atoms with van der Waals surface area (Å²) in [5.74, 6) is 0.733. The zero-order valence-electron chi connectivity index (χ0n) is 21.1. The quantitative estimate of drug-likeness (QED) is 0.578. The number of hydrogen-bond acceptors (Lipinski definition) is 5. The summed E-state index contributed by atoms with van der Waals surface area (Å²) in [6.07, 6.45) is 2.01. The number of benzene rings is 2. The number of phenols is 1. The van der Waals surface area contributed by atoms with Crippen molar-refractivity contribution >= 4 is 5.91 Å². The van der Waals surface area contributed by atoms with Gasteiger partial charge < -0.3 is 19.6 Å². The van der Waals surface area contributed by atoms with E-state index in [2.05, 4.69) is 55.8 Å². The first-order chi connectivity index (χ1) is 16.4. The molecule has 0 atom stereocenters. The second kappa shape index (κ2) is 10.8. The molecule has 0 aliphatic carbocycles. The summed E-state index contributed by atoms with van der Waals surface area (Å²) in [6.45, 7) is 13.4. The van der Waals surface area contributed by atoms with Gasteiger partial charge in [0.05, 0.1) is 12.2 Å². The highest BCUT2D eigenvalue weighted by Crippen LogP contribution is 2.35. The predicted octanol–water partition coefficient (Wildman–Crippen LogP) is 4.60. The number of unbranched alkanes of at least 4 members (excludes halogenated alkanes) is 1. The molecule has 2 aliphatic heterocycles. The lowest BCUT2D eigenvalue weighted by atomic mass is 9.98. The molecule has 1 amide bonds. The Morgan fingerprint density at radius 1 is 1.06 bits per heavy atom. The number of nitrogens with zero attached hydrogens (tertiary/aromatic N) is 3. The van der Waals surface area contributed by atoms with Crippen LogP contribution in [0.3, 0.4) is 0 Å². The van der Waals surface area contributed by atoms with Gasteiger partial charge in [-0.15, -0.1) is 0 Å². The Kier molecular flexibility index (Phi) is 7.79. The minimum absolute atomic E-state index is 0.00684. The Bertz CT molecular complexity index is 1010. The molecule has 6 nitrogen and oxygen atoms in total. The van der Waals surface area contributed by atoms with Gasteiger partial charge in [0.15, 0.2) is 0 Å². The fourth-order valence-electron chi connectivity index (χ4n) is 4.78. The third-order valence-electron chi connectivity index (χ3n) is 7.02. The molecule has 184 valence electrons. The second-order valence-electron chi connectivity index (χ2n) is 10.1. The molecule has 0 bridgehead atoms. The number of carbonyl (C=O) groups is 1. The molecule has 2 aliphatic rings. The first-order valence-electron chi connectivity index (χ1n) is 12.7. The molecule has 1 saturated heterocycles. The van der Waals surface area contributed by atoms with Gasteiger partial charge in [-0.3, -0.25) is 9.69 Å². The van der Waals surface area contributed by atoms with Gasteiger partial charge in [-0.1, -0.05) is 45.4 Å². The highest BCUT2D eigenvalue weighted by Gasteiger charge is 2.28. The lowest BCUT2D eigenvalue weighted by molar-refractivity contribution is 0.0748. The number of hydrogen-bond donors (Lipinski definition) is 1. The van der Waals surface area contributed by atoms with Gasteiger partial charge in [-0.05, 0) is 47.7 Å². The van der Waals surface area contributed by atoms with E-state index in [0.29, 0.717) is 31.0 Å². The monoisotopic (exact) mass is 465 g/mol. The van der Waals surface area contributed by atoms with Crippen molar-refractivity contribution in [1.29, 1.82) is 0 Å². The Hall–Kier alpha value is -2.57. The third kappa shape index (κ3) is 5.56. The summed E-state index contributed by atoms with van der Waals surface area (Å²) in [7, 11) is 2.17. The number of piperazine rings is 1. The summed E-state index contributed by atoms with van der Waals surface area (Å²) in [5, 5.41) is 10.7. The van der Waals surface area contributed by atoms with Crippen LogP contribution in [-0.4, -0.2) is 65.5 Å². The van der Waals surface area contributed by atoms with Crippen LogP contribution >= 0.6 is 0 Å². The van der Waals surface area contributed by atoms with Gasteiger partial charge in [-0.25, -0.2) is 0 Å². The number of fused-ring (bicyclic) bond motifs is 1. The number of ether oxygens (including phenoxy) is 1. The fourth-order valence-corrected chi connectivity index (χ4v) is 4.78. The van der Waals surface area contributed by atoms with Crippen molar-refractivity contribution in [3.63, 3.8) is 0 Å². The van der Waals surface area contributed by atoms with Gasteiger partial charge in [0, 0.05) is 51.9 Å². The molecule has 0 spiro atoms. The van der Waals surface area contributed by atoms with E-state index in [1.807, 2.05) is 11.0 Å². The Morgan fingerprint density at radius 3 is 2.50 bits per heavy atom. The molecule has 6 heteroatoms. The number of amides is 1. The van der Waals surface area contributed by atoms with Gasteiger partial charge in [0.25, 0.3) is 5.91 Å². The molecule has 0 unspecified atom stereocenters. The number of carbonyl (C=O) groups excluding carboxylic acids is 1. The average Bonchev–Trinajstić information content (AvgIpc) is 3.24. The van der Waals surface area contributed by atoms with Crippen molar-refractivity contribution in [2.24, 2.45) is 0 Å². The maximum absolute atomic E-state index is 13.4. The van der Waals surface area contributed by atoms with Crippen LogP contribution in [0.15, 0.2) is 30.3 Å². The van der Waals surface area contributed by atoms with Crippen LogP contribution < -0.4 is 4.74 Å². The van der Waals surface area contributed by atoms with Crippen LogP contribution in [0.4, 0.5) is 0 Å². The molecule has 1 N–H and O–H groups in total. The molecule has 0 aromatic heterocycles. The highest BCUT2D eigenvalue weighted by molar-refractivity contribution is 5.97. The molecule has 4 rings (SSSR count). The number of phenolic OH excluding ortho intramolecular Hbond substituents is 1. The van der Waals surface area contributed by atoms with E-state index >= 15 is 0 Å². The average molecular weight is 466 g/mol. The van der Waals surface area contributed by atoms with Gasteiger partial charge in [0.1, 0.15) is 11.5 Å². The summed E-state index contributed by atoms with van der Waals surface area (Å²) < 4.78 is 5.92. The molecular formula is C28H39N3O3. The Morgan fingerprint density at radius 2 is 1.79 bits per heavy atom. The fraction of sp³-hybridized carbons (Fsp3) is 0.536. The molecule has 1 fully saturated rings. The zero-order valence-corrected chi connectivity index (χ0v) is 21.1. The van der Waals surface area contributed by atoms with Crippen LogP contribution in [0, 0.1) is 0 Å². The third-order valence-corrected chi connectivity index (χ3v) is 7.02. The van der Waals surface area contributed by atoms with E-state index in [9.17, 15) is 9.90 Å². The van der Waals surface area contributed by atoms with Gasteiger partial charge in [-0.2, -0.15) is 0 Å². The van der Waals surface area contributed by atoms with Crippen molar-refractivity contribution in [3.05, 3.63) is 58.1 Å². The molecular weight excluding hydrogens is 426 g/mol. The summed E-state index contributed by atoms with van der Waals surface area (Å²) in [4.78, 5) is 20.1. The van der Waals surface area contributed by atoms with E-state index in [1.54, 1.807) is 6.07 Å². The predicted molar refractivity (Wildman–Crippen MR) is 135 cm³/mol. The van der Waals surface area contributed by atoms with E-state index in [4.69, 9.17) is 4.74 Å². The Labute approximate surface area is 204 Å². The van der Waals surface area contributed by atoms with E-state index in [-0.39, 0.29) is 17.6 Å². The molecule has 2 heterocycles. The van der Waals surface area contributed by atoms with Crippen molar-refractivity contribution in [2.45, 2.75) is 59.2 Å². The highest BCUT2D eigenvalue weighted by atomic mass is 16.5. The first kappa shape index (κ1) is 24.6. The van der Waals surface area contributed by atoms with Crippen LogP contribution in [0.2, 0.25) is 0 Å². The number of rotatable bonds is 8. The topological polar surface area (TPSA) is 56.3 Å². The lowest BCUT2D eigenvalue weighted by Gasteiger charge is -2.32. The lowest BCUT2D eigenvalue weighted by Crippen LogP contribution is -2.43. The SMILES string of the molecule is CCCCOc1cc(O)c(C(=O)N2Cc3ccc(CN4CCN(C)CC4)cc3C2)cc1C(C)C. The number of aromatic hydroxyl groups is 1. The molecule has 0 saturated carbocycles. The van der Waals surface area contributed by atoms with Crippen molar-refractivity contribution in [3.8, 4) is 11.5 Å². The second-order valence-corrected chi connectivity index (χ2v) is 10.1. The van der Waals surface area contributed by atoms with Crippen LogP contribution in [0.25, 0.3) is 0 Å². The Balaban J connectivity index is 1.47. The van der Waals surface area contributed by atoms with Crippen molar-refractivity contribution in [1.82, 2.24) is 14.7 Å². The smallest absolute Gasteiger partial charge is 0.258 e. The minimum Gasteiger partial charge on any atom is -0.507 e. The molecule has 2 aromatic rings. The van der Waals surface area contributed by atoms with Crippen LogP contribution in [-0.2, 0) is 19.6 Å². The normalized spacial score (nSPS) is 16.8. The standard InChI is InChI=1S/C28H39N3O3/c1-5-6-13-34-27-16-26(32)25(15-24(27)20(2)3)28(33)31-18-22-8-7-21(14-23(22)19-31)17-30-11-9-29(4)10-12-30/h7-8,14-16,20,32H,5-6,9-13,17-19H2,1-4H3. The number of likely N-dealkylation sites (N-methyl/N-ethyl adjacent to an activating group) is 1. The largest absolute Gasteiger partial charge is 0.507 e. The zero-order chi connectivity index (χ0) is 24.2. The van der Waals surface area contributed by atoms with Crippen LogP contribution in [0.1, 0.15) is 72.1 Å². The minimum atomic E-state index is -0.128. The maximum atomic E-state index is 13.4. The molecule has 0 radical (unpaired) electrons. The molecule has 34 heavy (non-hydrogen) atoms. The maximum Gasteiger partial charge on any atom is 0.258 e. The van der Waals surface area contributed by atoms with E-state index in [1.165, 1.54) is 16.7 Å². The summed E-state index contributed by atoms with van der Waals surface area (Å²) in [5.41, 5.74) is 5.03. The first-order valence-corrected chi connectivity index (χ1v) is 12.7. The summed E-state index contributed by atoms with van der Waals surface area (Å²) >= 11 is 0. The van der Waals surface area contributed by atoms with Gasteiger partial charge in [0.2, 0.25) is 0 Å². The van der Waals surface area contributed by atoms with Crippen molar-refractivity contribution < 1.29 is 14.6 Å². The van der Waals surface area contributed by atoms with Gasteiger partial charge >= 0.3 is 0 Å². The summed E-state index contributed by atoms with van der Waals surface area (Å²) in [6, 6.07) is 10.1. The van der Waals surface area contributed by atoms with Crippen LogP contribution in [0.5, 0.6) is 11.5 Å².